The summed E-state index contributed by atoms with van der Waals surface area (Å²) in [7, 11) is 0. The molecule has 0 aromatic carbocycles. The van der Waals surface area contributed by atoms with Crippen LogP contribution in [0.1, 0.15) is 92.9 Å². The molecule has 0 spiro atoms. The second-order valence-electron chi connectivity index (χ2n) is 23.5. The highest BCUT2D eigenvalue weighted by Gasteiger charge is 2.64. The highest BCUT2D eigenvalue weighted by molar-refractivity contribution is 5.94. The first-order valence-electron chi connectivity index (χ1n) is 26.6. The van der Waals surface area contributed by atoms with Gasteiger partial charge in [-0.3, -0.25) is 9.59 Å². The lowest BCUT2D eigenvalue weighted by Gasteiger charge is -2.58. The number of aliphatic hydroxyl groups is 12. The third kappa shape index (κ3) is 10.0. The van der Waals surface area contributed by atoms with E-state index >= 15 is 0 Å². The van der Waals surface area contributed by atoms with E-state index in [1.807, 2.05) is 6.92 Å². The van der Waals surface area contributed by atoms with Gasteiger partial charge in [-0.1, -0.05) is 39.3 Å². The molecule has 3 saturated carbocycles. The lowest BCUT2D eigenvalue weighted by atomic mass is 9.47. The Labute approximate surface area is 429 Å². The van der Waals surface area contributed by atoms with Crippen molar-refractivity contribution in [3.05, 3.63) is 11.6 Å². The van der Waals surface area contributed by atoms with Crippen molar-refractivity contribution in [2.45, 2.75) is 234 Å². The number of aliphatic hydroxyl groups excluding tert-OH is 12. The van der Waals surface area contributed by atoms with Gasteiger partial charge in [0.25, 0.3) is 0 Å². The summed E-state index contributed by atoms with van der Waals surface area (Å²) in [4.78, 5) is 28.6. The number of Topliss-reactive ketones (excluding diaryl/α,β-unsaturated/α-hetero) is 2. The Kier molecular flexibility index (Phi) is 17.0. The molecule has 23 nitrogen and oxygen atoms in total. The number of carbonyl (C=O) groups is 2. The van der Waals surface area contributed by atoms with Crippen LogP contribution in [0.4, 0.5) is 0 Å². The van der Waals surface area contributed by atoms with Crippen molar-refractivity contribution in [1.82, 2.24) is 0 Å². The molecule has 23 heteroatoms. The number of allylic oxidation sites excluding steroid dienone is 1. The fourth-order valence-corrected chi connectivity index (χ4v) is 14.6. The summed E-state index contributed by atoms with van der Waals surface area (Å²) in [6.07, 6.45) is -25.5. The molecule has 31 unspecified atom stereocenters. The zero-order chi connectivity index (χ0) is 53.6. The van der Waals surface area contributed by atoms with E-state index in [9.17, 15) is 70.9 Å². The molecule has 8 fully saturated rings. The molecule has 9 rings (SSSR count). The van der Waals surface area contributed by atoms with Gasteiger partial charge < -0.3 is 104 Å². The van der Waals surface area contributed by atoms with E-state index in [1.165, 1.54) is 19.4 Å². The minimum absolute atomic E-state index is 0.0141. The summed E-state index contributed by atoms with van der Waals surface area (Å²) in [6.45, 7) is 9.60. The minimum atomic E-state index is -1.78. The smallest absolute Gasteiger partial charge is 0.189 e. The number of hydrogen-bond donors (Lipinski definition) is 12. The predicted octanol–water partition coefficient (Wildman–Crippen LogP) is -2.59. The summed E-state index contributed by atoms with van der Waals surface area (Å²) < 4.78 is 54.0. The van der Waals surface area contributed by atoms with Crippen LogP contribution in [0.3, 0.4) is 0 Å². The van der Waals surface area contributed by atoms with Crippen LogP contribution >= 0.6 is 0 Å². The monoisotopic (exact) mass is 1060 g/mol. The first kappa shape index (κ1) is 56.9. The van der Waals surface area contributed by atoms with E-state index in [4.69, 9.17) is 42.6 Å². The molecule has 5 aliphatic heterocycles. The van der Waals surface area contributed by atoms with Gasteiger partial charge >= 0.3 is 0 Å². The van der Waals surface area contributed by atoms with Crippen molar-refractivity contribution in [2.75, 3.05) is 13.2 Å². The summed E-state index contributed by atoms with van der Waals surface area (Å²) in [5, 5.41) is 127. The molecule has 0 aromatic rings. The Balaban J connectivity index is 0.872. The fraction of sp³-hybridized carbons (Fsp3) is 0.922. The third-order valence-electron chi connectivity index (χ3n) is 19.0. The zero-order valence-corrected chi connectivity index (χ0v) is 42.7. The molecule has 5 heterocycles. The van der Waals surface area contributed by atoms with E-state index in [-0.39, 0.29) is 47.1 Å². The first-order chi connectivity index (χ1) is 34.9. The maximum Gasteiger partial charge on any atom is 0.189 e. The van der Waals surface area contributed by atoms with Gasteiger partial charge in [0.2, 0.25) is 0 Å². The summed E-state index contributed by atoms with van der Waals surface area (Å²) in [5.41, 5.74) is 0.433. The minimum Gasteiger partial charge on any atom is -0.394 e. The van der Waals surface area contributed by atoms with Crippen molar-refractivity contribution in [1.29, 1.82) is 0 Å². The Morgan fingerprint density at radius 2 is 1.19 bits per heavy atom. The fourth-order valence-electron chi connectivity index (χ4n) is 14.6. The summed E-state index contributed by atoms with van der Waals surface area (Å²) in [6, 6.07) is 0. The molecule has 31 atom stereocenters. The third-order valence-corrected chi connectivity index (χ3v) is 19.0. The van der Waals surface area contributed by atoms with Crippen molar-refractivity contribution < 1.29 is 113 Å². The first-order valence-corrected chi connectivity index (χ1v) is 26.6. The molecular weight excluding hydrogens is 981 g/mol. The van der Waals surface area contributed by atoms with E-state index in [1.54, 1.807) is 6.92 Å². The molecule has 0 amide bonds. The number of hydrogen-bond acceptors (Lipinski definition) is 23. The SMILES string of the molecule is CC1CC(C(=O)C(C)C2C(=O)CC3C4CC=C5CC(OC6OC(CO)C(OC7OC(C)C(O)C(O)C7O)C(O)C6OC6OC(C)C(O)C(O)C6O)CCC5(C)C4CCC32C)OC1OC1OC(CO)C(O)C(O)C1O. The Bertz CT molecular complexity index is 2010. The Morgan fingerprint density at radius 3 is 1.80 bits per heavy atom. The van der Waals surface area contributed by atoms with Crippen molar-refractivity contribution in [2.24, 2.45) is 46.3 Å². The Morgan fingerprint density at radius 1 is 0.622 bits per heavy atom. The van der Waals surface area contributed by atoms with Gasteiger partial charge in [-0.25, -0.2) is 0 Å². The number of carbonyl (C=O) groups excluding carboxylic acids is 2. The second kappa shape index (κ2) is 22.1. The quantitative estimate of drug-likeness (QED) is 0.0842. The van der Waals surface area contributed by atoms with Crippen LogP contribution in [-0.2, 0) is 52.2 Å². The lowest BCUT2D eigenvalue weighted by molar-refractivity contribution is -0.388. The van der Waals surface area contributed by atoms with Crippen molar-refractivity contribution in [3.8, 4) is 0 Å². The molecule has 9 aliphatic rings. The van der Waals surface area contributed by atoms with Gasteiger partial charge in [-0.15, -0.1) is 0 Å². The van der Waals surface area contributed by atoms with Gasteiger partial charge in [0.15, 0.2) is 37.2 Å². The zero-order valence-electron chi connectivity index (χ0n) is 42.7. The number of rotatable bonds is 13. The molecule has 5 saturated heterocycles. The van der Waals surface area contributed by atoms with Crippen LogP contribution < -0.4 is 0 Å². The van der Waals surface area contributed by atoms with Gasteiger partial charge in [0.1, 0.15) is 97.3 Å². The van der Waals surface area contributed by atoms with Crippen LogP contribution in [0.15, 0.2) is 11.6 Å². The highest BCUT2D eigenvalue weighted by Crippen LogP contribution is 2.67. The van der Waals surface area contributed by atoms with Crippen LogP contribution in [0.5, 0.6) is 0 Å². The van der Waals surface area contributed by atoms with E-state index in [2.05, 4.69) is 19.9 Å². The van der Waals surface area contributed by atoms with Crippen molar-refractivity contribution >= 4 is 11.6 Å². The van der Waals surface area contributed by atoms with Crippen LogP contribution in [0.25, 0.3) is 0 Å². The Hall–Kier alpha value is -1.76. The van der Waals surface area contributed by atoms with Gasteiger partial charge in [-0.2, -0.15) is 0 Å². The maximum absolute atomic E-state index is 14.3. The van der Waals surface area contributed by atoms with Gasteiger partial charge in [-0.05, 0) is 87.4 Å². The topological polar surface area (TPSA) is 360 Å². The lowest BCUT2D eigenvalue weighted by Crippen LogP contribution is -2.66. The molecule has 74 heavy (non-hydrogen) atoms. The van der Waals surface area contributed by atoms with E-state index in [0.717, 1.165) is 12.8 Å². The number of ketones is 2. The normalized spacial score (nSPS) is 54.2. The molecule has 0 bridgehead atoms. The molecule has 12 N–H and O–H groups in total. The van der Waals surface area contributed by atoms with E-state index in [0.29, 0.717) is 32.1 Å². The number of ether oxygens (including phenoxy) is 9. The van der Waals surface area contributed by atoms with Gasteiger partial charge in [0.05, 0.1) is 31.5 Å². The van der Waals surface area contributed by atoms with Crippen LogP contribution in [-0.4, -0.2) is 227 Å². The predicted molar refractivity (Wildman–Crippen MR) is 248 cm³/mol. The van der Waals surface area contributed by atoms with Crippen molar-refractivity contribution in [3.63, 3.8) is 0 Å². The molecule has 4 aliphatic carbocycles. The average Bonchev–Trinajstić information content (AvgIpc) is 3.88. The van der Waals surface area contributed by atoms with E-state index < -0.39 is 172 Å². The standard InChI is InChI=1S/C51H80O23/c1-18-13-28(69-45(18)74-48-41(64)38(61)35(58)29(16-52)70-48)32(55)19(2)31-27(54)15-26-24-8-7-22-14-23(9-11-50(22,5)25(24)10-12-51(26,31)6)68-49-44(73-47-40(63)37(60)34(57)21(4)67-47)42(65)43(30(17-53)71-49)72-46-39(62)36(59)33(56)20(3)66-46/h7,18-21,23-26,28-31,33-49,52-53,56-65H,8-17H2,1-6H3. The van der Waals surface area contributed by atoms with Crippen LogP contribution in [0, 0.1) is 46.3 Å². The van der Waals surface area contributed by atoms with Gasteiger partial charge in [0, 0.05) is 24.2 Å². The summed E-state index contributed by atoms with van der Waals surface area (Å²) >= 11 is 0. The molecular formula is C51H80O23. The highest BCUT2D eigenvalue weighted by atomic mass is 16.8. The maximum atomic E-state index is 14.3. The van der Waals surface area contributed by atoms with Crippen LogP contribution in [0.2, 0.25) is 0 Å². The molecule has 0 aromatic heterocycles. The number of fused-ring (bicyclic) bond motifs is 5. The average molecular weight is 1060 g/mol. The second-order valence-corrected chi connectivity index (χ2v) is 23.5. The summed E-state index contributed by atoms with van der Waals surface area (Å²) in [5.74, 6) is -1.32. The molecule has 422 valence electrons. The largest absolute Gasteiger partial charge is 0.394 e. The molecule has 0 radical (unpaired) electrons.